The van der Waals surface area contributed by atoms with E-state index in [4.69, 9.17) is 11.6 Å². The van der Waals surface area contributed by atoms with Crippen molar-refractivity contribution in [2.24, 2.45) is 0 Å². The third-order valence-corrected chi connectivity index (χ3v) is 2.15. The molecule has 2 heterocycles. The number of aryl methyl sites for hydroxylation is 1. The first kappa shape index (κ1) is 9.61. The predicted molar refractivity (Wildman–Crippen MR) is 56.6 cm³/mol. The largest absolute Gasteiger partial charge is 0.227 e. The SMILES string of the molecule is Cc1cc(-n2cc(Cl)cn2)nc(Br)n1. The number of hydrogen-bond donors (Lipinski definition) is 0. The summed E-state index contributed by atoms with van der Waals surface area (Å²) in [5.74, 6) is 0.691. The Morgan fingerprint density at radius 1 is 1.43 bits per heavy atom. The van der Waals surface area contributed by atoms with Crippen LogP contribution in [0.2, 0.25) is 5.02 Å². The van der Waals surface area contributed by atoms with E-state index in [-0.39, 0.29) is 0 Å². The van der Waals surface area contributed by atoms with Gasteiger partial charge in [0.15, 0.2) is 10.6 Å². The Balaban J connectivity index is 2.51. The van der Waals surface area contributed by atoms with Gasteiger partial charge >= 0.3 is 0 Å². The van der Waals surface area contributed by atoms with Gasteiger partial charge in [-0.2, -0.15) is 5.10 Å². The van der Waals surface area contributed by atoms with E-state index in [9.17, 15) is 0 Å². The molecule has 0 N–H and O–H groups in total. The van der Waals surface area contributed by atoms with Crippen LogP contribution in [0.15, 0.2) is 23.2 Å². The predicted octanol–water partition coefficient (Wildman–Crippen LogP) is 2.39. The first-order valence-electron chi connectivity index (χ1n) is 3.87. The Labute approximate surface area is 94.1 Å². The molecule has 0 aliphatic carbocycles. The van der Waals surface area contributed by atoms with Crippen LogP contribution in [0.1, 0.15) is 5.69 Å². The minimum atomic E-state index is 0.541. The van der Waals surface area contributed by atoms with Gasteiger partial charge < -0.3 is 0 Å². The van der Waals surface area contributed by atoms with Gasteiger partial charge in [0.1, 0.15) is 0 Å². The number of nitrogens with zero attached hydrogens (tertiary/aromatic N) is 4. The van der Waals surface area contributed by atoms with E-state index in [2.05, 4.69) is 31.0 Å². The number of rotatable bonds is 1. The molecule has 2 rings (SSSR count). The highest BCUT2D eigenvalue weighted by atomic mass is 79.9. The molecule has 0 fully saturated rings. The van der Waals surface area contributed by atoms with Gasteiger partial charge in [0.2, 0.25) is 0 Å². The molecule has 0 unspecified atom stereocenters. The van der Waals surface area contributed by atoms with Crippen molar-refractivity contribution in [3.63, 3.8) is 0 Å². The van der Waals surface area contributed by atoms with Crippen LogP contribution >= 0.6 is 27.5 Å². The first-order valence-corrected chi connectivity index (χ1v) is 5.04. The molecule has 0 aliphatic rings. The van der Waals surface area contributed by atoms with E-state index in [1.807, 2.05) is 13.0 Å². The van der Waals surface area contributed by atoms with E-state index in [0.717, 1.165) is 5.69 Å². The van der Waals surface area contributed by atoms with Crippen molar-refractivity contribution in [1.29, 1.82) is 0 Å². The van der Waals surface area contributed by atoms with Crippen molar-refractivity contribution >= 4 is 27.5 Å². The van der Waals surface area contributed by atoms with Crippen LogP contribution < -0.4 is 0 Å². The van der Waals surface area contributed by atoms with Crippen molar-refractivity contribution in [2.75, 3.05) is 0 Å². The van der Waals surface area contributed by atoms with Crippen LogP contribution in [-0.4, -0.2) is 19.7 Å². The minimum Gasteiger partial charge on any atom is -0.227 e. The maximum atomic E-state index is 5.75. The number of halogens is 2. The molecular weight excluding hydrogens is 267 g/mol. The Bertz CT molecular complexity index is 448. The lowest BCUT2D eigenvalue weighted by Crippen LogP contribution is -2.00. The second-order valence-corrected chi connectivity index (χ2v) is 3.89. The van der Waals surface area contributed by atoms with E-state index in [0.29, 0.717) is 15.6 Å². The Morgan fingerprint density at radius 2 is 2.21 bits per heavy atom. The fraction of sp³-hybridized carbons (Fsp3) is 0.125. The summed E-state index contributed by atoms with van der Waals surface area (Å²) in [6.45, 7) is 1.89. The van der Waals surface area contributed by atoms with Gasteiger partial charge in [-0.05, 0) is 22.9 Å². The molecule has 0 bridgehead atoms. The Hall–Kier alpha value is -0.940. The fourth-order valence-electron chi connectivity index (χ4n) is 1.06. The topological polar surface area (TPSA) is 43.6 Å². The van der Waals surface area contributed by atoms with E-state index in [1.165, 1.54) is 0 Å². The summed E-state index contributed by atoms with van der Waals surface area (Å²) >= 11 is 8.97. The van der Waals surface area contributed by atoms with Crippen LogP contribution in [0.4, 0.5) is 0 Å². The summed E-state index contributed by atoms with van der Waals surface area (Å²) in [4.78, 5) is 8.26. The zero-order valence-electron chi connectivity index (χ0n) is 7.28. The van der Waals surface area contributed by atoms with Gasteiger partial charge in [-0.3, -0.25) is 0 Å². The molecule has 0 radical (unpaired) electrons. The minimum absolute atomic E-state index is 0.541. The van der Waals surface area contributed by atoms with Gasteiger partial charge in [-0.1, -0.05) is 11.6 Å². The van der Waals surface area contributed by atoms with Crippen molar-refractivity contribution in [3.8, 4) is 5.82 Å². The molecule has 0 saturated carbocycles. The van der Waals surface area contributed by atoms with Crippen molar-refractivity contribution < 1.29 is 0 Å². The Kier molecular flexibility index (Phi) is 2.52. The summed E-state index contributed by atoms with van der Waals surface area (Å²) in [6.07, 6.45) is 3.25. The van der Waals surface area contributed by atoms with Crippen molar-refractivity contribution in [1.82, 2.24) is 19.7 Å². The van der Waals surface area contributed by atoms with E-state index < -0.39 is 0 Å². The summed E-state index contributed by atoms with van der Waals surface area (Å²) in [6, 6.07) is 1.83. The van der Waals surface area contributed by atoms with Crippen LogP contribution in [-0.2, 0) is 0 Å². The smallest absolute Gasteiger partial charge is 0.198 e. The second kappa shape index (κ2) is 3.67. The van der Waals surface area contributed by atoms with Gasteiger partial charge in [-0.25, -0.2) is 14.6 Å². The quantitative estimate of drug-likeness (QED) is 0.749. The molecule has 0 saturated heterocycles. The fourth-order valence-corrected chi connectivity index (χ4v) is 1.66. The summed E-state index contributed by atoms with van der Waals surface area (Å²) in [5.41, 5.74) is 0.869. The first-order chi connectivity index (χ1) is 6.65. The maximum Gasteiger partial charge on any atom is 0.198 e. The lowest BCUT2D eigenvalue weighted by molar-refractivity contribution is 0.827. The number of aromatic nitrogens is 4. The second-order valence-electron chi connectivity index (χ2n) is 2.74. The van der Waals surface area contributed by atoms with E-state index >= 15 is 0 Å². The molecule has 0 spiro atoms. The normalized spacial score (nSPS) is 10.5. The lowest BCUT2D eigenvalue weighted by atomic mass is 10.4. The highest BCUT2D eigenvalue weighted by Gasteiger charge is 2.03. The molecule has 14 heavy (non-hydrogen) atoms. The molecule has 0 atom stereocenters. The van der Waals surface area contributed by atoms with Crippen molar-refractivity contribution in [3.05, 3.63) is 33.9 Å². The summed E-state index contributed by atoms with van der Waals surface area (Å²) < 4.78 is 2.14. The molecular formula is C8H6BrClN4. The van der Waals surface area contributed by atoms with Gasteiger partial charge in [0.25, 0.3) is 0 Å². The third kappa shape index (κ3) is 1.93. The average molecular weight is 274 g/mol. The average Bonchev–Trinajstić information content (AvgIpc) is 2.50. The zero-order chi connectivity index (χ0) is 10.1. The molecule has 6 heteroatoms. The Morgan fingerprint density at radius 3 is 2.79 bits per heavy atom. The molecule has 72 valence electrons. The summed E-state index contributed by atoms with van der Waals surface area (Å²) in [7, 11) is 0. The summed E-state index contributed by atoms with van der Waals surface area (Å²) in [5, 5.41) is 4.62. The zero-order valence-corrected chi connectivity index (χ0v) is 9.62. The monoisotopic (exact) mass is 272 g/mol. The van der Waals surface area contributed by atoms with E-state index in [1.54, 1.807) is 17.1 Å². The van der Waals surface area contributed by atoms with Crippen LogP contribution in [0, 0.1) is 6.92 Å². The maximum absolute atomic E-state index is 5.75. The van der Waals surface area contributed by atoms with Gasteiger partial charge in [-0.15, -0.1) is 0 Å². The standard InChI is InChI=1S/C8H6BrClN4/c1-5-2-7(13-8(9)12-5)14-4-6(10)3-11-14/h2-4H,1H3. The molecule has 2 aromatic heterocycles. The lowest BCUT2D eigenvalue weighted by Gasteiger charge is -2.01. The van der Waals surface area contributed by atoms with Gasteiger partial charge in [0, 0.05) is 11.8 Å². The number of hydrogen-bond acceptors (Lipinski definition) is 3. The molecule has 0 amide bonds. The highest BCUT2D eigenvalue weighted by Crippen LogP contribution is 2.12. The molecule has 4 nitrogen and oxygen atoms in total. The molecule has 0 aliphatic heterocycles. The van der Waals surface area contributed by atoms with Crippen LogP contribution in [0.5, 0.6) is 0 Å². The highest BCUT2D eigenvalue weighted by molar-refractivity contribution is 9.10. The van der Waals surface area contributed by atoms with Crippen LogP contribution in [0.3, 0.4) is 0 Å². The van der Waals surface area contributed by atoms with Crippen molar-refractivity contribution in [2.45, 2.75) is 6.92 Å². The molecule has 0 aromatic carbocycles. The third-order valence-electron chi connectivity index (χ3n) is 1.60. The van der Waals surface area contributed by atoms with Gasteiger partial charge in [0.05, 0.1) is 17.4 Å². The molecule has 2 aromatic rings. The van der Waals surface area contributed by atoms with Crippen LogP contribution in [0.25, 0.3) is 5.82 Å².